The average molecular weight is 238 g/mol. The zero-order chi connectivity index (χ0) is 12.3. The van der Waals surface area contributed by atoms with Crippen molar-refractivity contribution in [3.05, 3.63) is 18.0 Å². The molecule has 94 valence electrons. The molecule has 1 aromatic heterocycles. The van der Waals surface area contributed by atoms with E-state index in [1.165, 1.54) is 0 Å². The second-order valence-electron chi connectivity index (χ2n) is 4.22. The van der Waals surface area contributed by atoms with Gasteiger partial charge in [0.15, 0.2) is 0 Å². The van der Waals surface area contributed by atoms with E-state index >= 15 is 0 Å². The summed E-state index contributed by atoms with van der Waals surface area (Å²) < 4.78 is 6.96. The highest BCUT2D eigenvalue weighted by Crippen LogP contribution is 2.13. The first-order chi connectivity index (χ1) is 8.18. The number of carbonyl (C=O) groups excluding carboxylic acids is 1. The molecular weight excluding hydrogens is 220 g/mol. The number of nitrogens with zero attached hydrogens (tertiary/aromatic N) is 3. The summed E-state index contributed by atoms with van der Waals surface area (Å²) >= 11 is 0. The van der Waals surface area contributed by atoms with Crippen molar-refractivity contribution < 1.29 is 9.53 Å². The monoisotopic (exact) mass is 238 g/mol. The number of hydrogen-bond acceptors (Lipinski definition) is 4. The molecule has 0 saturated carbocycles. The first-order valence-corrected chi connectivity index (χ1v) is 5.79. The number of hydrogen-bond donors (Lipinski definition) is 1. The molecule has 1 aliphatic heterocycles. The summed E-state index contributed by atoms with van der Waals surface area (Å²) in [4.78, 5) is 13.9. The summed E-state index contributed by atoms with van der Waals surface area (Å²) in [5.74, 6) is -0.0523. The van der Waals surface area contributed by atoms with E-state index in [0.717, 1.165) is 12.0 Å². The quantitative estimate of drug-likeness (QED) is 0.765. The van der Waals surface area contributed by atoms with Gasteiger partial charge in [0.05, 0.1) is 12.8 Å². The molecule has 0 aliphatic carbocycles. The predicted molar refractivity (Wildman–Crippen MR) is 62.2 cm³/mol. The van der Waals surface area contributed by atoms with Crippen LogP contribution in [0, 0.1) is 0 Å². The molecular formula is C11H18N4O2. The number of ether oxygens (including phenoxy) is 1. The summed E-state index contributed by atoms with van der Waals surface area (Å²) in [6.45, 7) is 2.64. The summed E-state index contributed by atoms with van der Waals surface area (Å²) in [7, 11) is 1.81. The lowest BCUT2D eigenvalue weighted by Gasteiger charge is -2.22. The van der Waals surface area contributed by atoms with Crippen LogP contribution < -0.4 is 5.73 Å². The van der Waals surface area contributed by atoms with E-state index in [4.69, 9.17) is 10.5 Å². The number of nitrogens with two attached hydrogens (primary N) is 1. The SMILES string of the molecule is Cn1cc(C(N)C(=O)N2CCCOCC2)cn1. The lowest BCUT2D eigenvalue weighted by molar-refractivity contribution is -0.132. The maximum atomic E-state index is 12.2. The van der Waals surface area contributed by atoms with Gasteiger partial charge in [0, 0.05) is 38.5 Å². The van der Waals surface area contributed by atoms with Gasteiger partial charge >= 0.3 is 0 Å². The topological polar surface area (TPSA) is 73.4 Å². The smallest absolute Gasteiger partial charge is 0.244 e. The van der Waals surface area contributed by atoms with Crippen molar-refractivity contribution in [2.24, 2.45) is 12.8 Å². The van der Waals surface area contributed by atoms with Crippen LogP contribution in [0.15, 0.2) is 12.4 Å². The third-order valence-electron chi connectivity index (χ3n) is 2.88. The molecule has 1 saturated heterocycles. The molecule has 1 amide bonds. The molecule has 17 heavy (non-hydrogen) atoms. The highest BCUT2D eigenvalue weighted by Gasteiger charge is 2.24. The van der Waals surface area contributed by atoms with Crippen molar-refractivity contribution in [3.8, 4) is 0 Å². The zero-order valence-corrected chi connectivity index (χ0v) is 10.0. The minimum absolute atomic E-state index is 0.0523. The molecule has 0 spiro atoms. The van der Waals surface area contributed by atoms with E-state index in [1.54, 1.807) is 29.0 Å². The van der Waals surface area contributed by atoms with Crippen LogP contribution in [0.1, 0.15) is 18.0 Å². The van der Waals surface area contributed by atoms with Crippen molar-refractivity contribution in [1.82, 2.24) is 14.7 Å². The first-order valence-electron chi connectivity index (χ1n) is 5.79. The summed E-state index contributed by atoms with van der Waals surface area (Å²) in [6, 6.07) is -0.623. The summed E-state index contributed by atoms with van der Waals surface area (Å²) in [5, 5.41) is 4.02. The highest BCUT2D eigenvalue weighted by atomic mass is 16.5. The Kier molecular flexibility index (Phi) is 3.75. The van der Waals surface area contributed by atoms with E-state index in [0.29, 0.717) is 26.3 Å². The standard InChI is InChI=1S/C11H18N4O2/c1-14-8-9(7-13-14)10(12)11(16)15-3-2-5-17-6-4-15/h7-8,10H,2-6,12H2,1H3. The van der Waals surface area contributed by atoms with E-state index in [2.05, 4.69) is 5.10 Å². The Balaban J connectivity index is 2.03. The molecule has 1 atom stereocenters. The molecule has 2 heterocycles. The van der Waals surface area contributed by atoms with Gasteiger partial charge in [-0.1, -0.05) is 0 Å². The van der Waals surface area contributed by atoms with Crippen molar-refractivity contribution in [3.63, 3.8) is 0 Å². The Hall–Kier alpha value is -1.40. The normalized spacial score (nSPS) is 18.8. The molecule has 2 rings (SSSR count). The minimum atomic E-state index is -0.623. The van der Waals surface area contributed by atoms with Gasteiger partial charge in [0.25, 0.3) is 0 Å². The molecule has 6 nitrogen and oxygen atoms in total. The minimum Gasteiger partial charge on any atom is -0.380 e. The van der Waals surface area contributed by atoms with Gasteiger partial charge in [-0.15, -0.1) is 0 Å². The lowest BCUT2D eigenvalue weighted by atomic mass is 10.1. The Morgan fingerprint density at radius 3 is 3.06 bits per heavy atom. The third kappa shape index (κ3) is 2.83. The van der Waals surface area contributed by atoms with Crippen LogP contribution in [0.2, 0.25) is 0 Å². The highest BCUT2D eigenvalue weighted by molar-refractivity contribution is 5.82. The van der Waals surface area contributed by atoms with Crippen LogP contribution in [-0.2, 0) is 16.6 Å². The van der Waals surface area contributed by atoms with Crippen LogP contribution in [0.4, 0.5) is 0 Å². The fourth-order valence-corrected chi connectivity index (χ4v) is 1.91. The molecule has 1 fully saturated rings. The third-order valence-corrected chi connectivity index (χ3v) is 2.88. The average Bonchev–Trinajstić information content (AvgIpc) is 2.60. The van der Waals surface area contributed by atoms with Crippen molar-refractivity contribution in [2.75, 3.05) is 26.3 Å². The second-order valence-corrected chi connectivity index (χ2v) is 4.22. The van der Waals surface area contributed by atoms with Gasteiger partial charge in [0.2, 0.25) is 5.91 Å². The number of aromatic nitrogens is 2. The van der Waals surface area contributed by atoms with Crippen LogP contribution in [0.25, 0.3) is 0 Å². The fourth-order valence-electron chi connectivity index (χ4n) is 1.91. The lowest BCUT2D eigenvalue weighted by Crippen LogP contribution is -2.39. The molecule has 0 radical (unpaired) electrons. The van der Waals surface area contributed by atoms with Gasteiger partial charge in [-0.2, -0.15) is 5.10 Å². The van der Waals surface area contributed by atoms with E-state index in [9.17, 15) is 4.79 Å². The molecule has 1 aliphatic rings. The number of carbonyl (C=O) groups is 1. The Morgan fingerprint density at radius 2 is 2.35 bits per heavy atom. The molecule has 6 heteroatoms. The van der Waals surface area contributed by atoms with Gasteiger partial charge in [-0.25, -0.2) is 0 Å². The van der Waals surface area contributed by atoms with Crippen molar-refractivity contribution >= 4 is 5.91 Å². The largest absolute Gasteiger partial charge is 0.380 e. The molecule has 0 aromatic carbocycles. The number of aryl methyl sites for hydroxylation is 1. The van der Waals surface area contributed by atoms with Crippen LogP contribution in [-0.4, -0.2) is 46.9 Å². The Labute approximate surface area is 100 Å². The predicted octanol–water partition coefficient (Wildman–Crippen LogP) is -0.331. The van der Waals surface area contributed by atoms with Crippen molar-refractivity contribution in [1.29, 1.82) is 0 Å². The van der Waals surface area contributed by atoms with Gasteiger partial charge in [-0.05, 0) is 6.42 Å². The van der Waals surface area contributed by atoms with Crippen molar-refractivity contribution in [2.45, 2.75) is 12.5 Å². The Bertz CT molecular complexity index is 383. The number of rotatable bonds is 2. The van der Waals surface area contributed by atoms with Gasteiger partial charge < -0.3 is 15.4 Å². The fraction of sp³-hybridized carbons (Fsp3) is 0.636. The Morgan fingerprint density at radius 1 is 1.53 bits per heavy atom. The second kappa shape index (κ2) is 5.29. The summed E-state index contributed by atoms with van der Waals surface area (Å²) in [5.41, 5.74) is 6.70. The van der Waals surface area contributed by atoms with Crippen LogP contribution in [0.3, 0.4) is 0 Å². The van der Waals surface area contributed by atoms with E-state index in [-0.39, 0.29) is 5.91 Å². The van der Waals surface area contributed by atoms with Gasteiger partial charge in [-0.3, -0.25) is 9.48 Å². The first kappa shape index (κ1) is 12.1. The van der Waals surface area contributed by atoms with E-state index < -0.39 is 6.04 Å². The zero-order valence-electron chi connectivity index (χ0n) is 10.0. The van der Waals surface area contributed by atoms with E-state index in [1.807, 2.05) is 0 Å². The van der Waals surface area contributed by atoms with Gasteiger partial charge in [0.1, 0.15) is 6.04 Å². The molecule has 0 bridgehead atoms. The molecule has 1 aromatic rings. The van der Waals surface area contributed by atoms with Crippen LogP contribution in [0.5, 0.6) is 0 Å². The molecule has 1 unspecified atom stereocenters. The van der Waals surface area contributed by atoms with Crippen LogP contribution >= 0.6 is 0 Å². The molecule has 2 N–H and O–H groups in total. The maximum absolute atomic E-state index is 12.2. The maximum Gasteiger partial charge on any atom is 0.244 e. The summed E-state index contributed by atoms with van der Waals surface area (Å²) in [6.07, 6.45) is 4.28. The number of amides is 1.